The highest BCUT2D eigenvalue weighted by molar-refractivity contribution is 5.95. The van der Waals surface area contributed by atoms with Gasteiger partial charge in [-0.25, -0.2) is 9.59 Å². The molecule has 3 rings (SSSR count). The first-order chi connectivity index (χ1) is 13.8. The van der Waals surface area contributed by atoms with Gasteiger partial charge < -0.3 is 25.1 Å². The molecule has 3 amide bonds. The third-order valence-corrected chi connectivity index (χ3v) is 5.05. The summed E-state index contributed by atoms with van der Waals surface area (Å²) in [5.41, 5.74) is 1.60. The van der Waals surface area contributed by atoms with Gasteiger partial charge in [0.2, 0.25) is 0 Å². The van der Waals surface area contributed by atoms with Crippen molar-refractivity contribution < 1.29 is 23.9 Å². The number of nitrogens with zero attached hydrogens (tertiary/aromatic N) is 1. The van der Waals surface area contributed by atoms with Crippen molar-refractivity contribution in [3.8, 4) is 0 Å². The van der Waals surface area contributed by atoms with Crippen LogP contribution in [0.15, 0.2) is 34.7 Å². The molecule has 1 aliphatic rings. The minimum absolute atomic E-state index is 0.0183. The van der Waals surface area contributed by atoms with Crippen LogP contribution in [0.25, 0.3) is 0 Å². The number of aromatic carboxylic acids is 1. The van der Waals surface area contributed by atoms with Gasteiger partial charge in [0.05, 0.1) is 11.1 Å². The van der Waals surface area contributed by atoms with Crippen molar-refractivity contribution in [3.63, 3.8) is 0 Å². The summed E-state index contributed by atoms with van der Waals surface area (Å²) in [5.74, 6) is 0.186. The lowest BCUT2D eigenvalue weighted by Gasteiger charge is -2.32. The number of carbonyl (C=O) groups is 3. The molecular weight excluding hydrogens is 374 g/mol. The summed E-state index contributed by atoms with van der Waals surface area (Å²) in [6.45, 7) is 5.01. The number of rotatable bonds is 5. The van der Waals surface area contributed by atoms with E-state index in [2.05, 4.69) is 10.6 Å². The Bertz CT molecular complexity index is 896. The molecule has 3 N–H and O–H groups in total. The number of amides is 3. The highest BCUT2D eigenvalue weighted by Crippen LogP contribution is 2.16. The fourth-order valence-electron chi connectivity index (χ4n) is 3.40. The van der Waals surface area contributed by atoms with E-state index in [0.717, 1.165) is 5.56 Å². The standard InChI is InChI=1S/C21H25N3O5/c1-13-11-18(14(2)29-13)19(25)23-17-7-9-24(10-8-17)21(28)22-12-15-3-5-16(6-4-15)20(26)27/h3-6,11,17H,7-10,12H2,1-2H3,(H,22,28)(H,23,25)(H,26,27). The number of likely N-dealkylation sites (tertiary alicyclic amines) is 1. The number of piperidine rings is 1. The summed E-state index contributed by atoms with van der Waals surface area (Å²) in [4.78, 5) is 37.3. The van der Waals surface area contributed by atoms with Crippen molar-refractivity contribution in [1.82, 2.24) is 15.5 Å². The van der Waals surface area contributed by atoms with Gasteiger partial charge in [0, 0.05) is 25.7 Å². The van der Waals surface area contributed by atoms with E-state index < -0.39 is 5.97 Å². The van der Waals surface area contributed by atoms with Crippen molar-refractivity contribution in [3.05, 3.63) is 58.5 Å². The number of carboxylic acid groups (broad SMARTS) is 1. The van der Waals surface area contributed by atoms with E-state index in [-0.39, 0.29) is 23.5 Å². The quantitative estimate of drug-likeness (QED) is 0.716. The van der Waals surface area contributed by atoms with Crippen molar-refractivity contribution >= 4 is 17.9 Å². The predicted octanol–water partition coefficient (Wildman–Crippen LogP) is 2.70. The molecular formula is C21H25N3O5. The zero-order chi connectivity index (χ0) is 21.0. The molecule has 1 aliphatic heterocycles. The molecule has 29 heavy (non-hydrogen) atoms. The molecule has 1 saturated heterocycles. The Hall–Kier alpha value is -3.29. The van der Waals surface area contributed by atoms with Crippen LogP contribution in [0.3, 0.4) is 0 Å². The van der Waals surface area contributed by atoms with Crippen molar-refractivity contribution in [2.24, 2.45) is 0 Å². The maximum Gasteiger partial charge on any atom is 0.335 e. The van der Waals surface area contributed by atoms with Gasteiger partial charge in [-0.15, -0.1) is 0 Å². The molecule has 0 saturated carbocycles. The van der Waals surface area contributed by atoms with Gasteiger partial charge in [0.25, 0.3) is 5.91 Å². The summed E-state index contributed by atoms with van der Waals surface area (Å²) in [7, 11) is 0. The monoisotopic (exact) mass is 399 g/mol. The van der Waals surface area contributed by atoms with E-state index in [9.17, 15) is 14.4 Å². The Morgan fingerprint density at radius 2 is 1.79 bits per heavy atom. The molecule has 2 aromatic rings. The average Bonchev–Trinajstić information content (AvgIpc) is 3.05. The van der Waals surface area contributed by atoms with Crippen LogP contribution < -0.4 is 10.6 Å². The fourth-order valence-corrected chi connectivity index (χ4v) is 3.40. The molecule has 0 unspecified atom stereocenters. The molecule has 0 aliphatic carbocycles. The number of urea groups is 1. The lowest BCUT2D eigenvalue weighted by Crippen LogP contribution is -2.49. The third-order valence-electron chi connectivity index (χ3n) is 5.05. The van der Waals surface area contributed by atoms with Crippen LogP contribution in [0.4, 0.5) is 4.79 Å². The van der Waals surface area contributed by atoms with E-state index in [1.165, 1.54) is 12.1 Å². The van der Waals surface area contributed by atoms with Gasteiger partial charge in [0.1, 0.15) is 11.5 Å². The minimum atomic E-state index is -0.978. The predicted molar refractivity (Wildman–Crippen MR) is 106 cm³/mol. The highest BCUT2D eigenvalue weighted by atomic mass is 16.4. The summed E-state index contributed by atoms with van der Waals surface area (Å²) in [6.07, 6.45) is 1.37. The van der Waals surface area contributed by atoms with E-state index in [1.807, 2.05) is 0 Å². The zero-order valence-corrected chi connectivity index (χ0v) is 16.5. The second kappa shape index (κ2) is 8.81. The van der Waals surface area contributed by atoms with Crippen molar-refractivity contribution in [2.75, 3.05) is 13.1 Å². The van der Waals surface area contributed by atoms with Crippen molar-refractivity contribution in [2.45, 2.75) is 39.3 Å². The first-order valence-corrected chi connectivity index (χ1v) is 9.56. The lowest BCUT2D eigenvalue weighted by atomic mass is 10.0. The Labute approximate surface area is 168 Å². The number of carboxylic acids is 1. The number of nitrogens with one attached hydrogen (secondary N) is 2. The topological polar surface area (TPSA) is 112 Å². The first kappa shape index (κ1) is 20.4. The molecule has 154 valence electrons. The summed E-state index contributed by atoms with van der Waals surface area (Å²) in [5, 5.41) is 14.8. The lowest BCUT2D eigenvalue weighted by molar-refractivity contribution is 0.0696. The fraction of sp³-hybridized carbons (Fsp3) is 0.381. The summed E-state index contributed by atoms with van der Waals surface area (Å²) in [6, 6.07) is 7.98. The molecule has 8 nitrogen and oxygen atoms in total. The Morgan fingerprint density at radius 3 is 2.34 bits per heavy atom. The number of carbonyl (C=O) groups excluding carboxylic acids is 2. The van der Waals surface area contributed by atoms with Crippen LogP contribution >= 0.6 is 0 Å². The van der Waals surface area contributed by atoms with Crippen LogP contribution in [-0.2, 0) is 6.54 Å². The van der Waals surface area contributed by atoms with Gasteiger partial charge in [-0.2, -0.15) is 0 Å². The number of hydrogen-bond acceptors (Lipinski definition) is 4. The molecule has 0 atom stereocenters. The SMILES string of the molecule is Cc1cc(C(=O)NC2CCN(C(=O)NCc3ccc(C(=O)O)cc3)CC2)c(C)o1. The molecule has 1 aromatic carbocycles. The van der Waals surface area contributed by atoms with Crippen LogP contribution in [0.1, 0.15) is 50.6 Å². The molecule has 1 aromatic heterocycles. The average molecular weight is 399 g/mol. The van der Waals surface area contributed by atoms with E-state index in [4.69, 9.17) is 9.52 Å². The van der Waals surface area contributed by atoms with Crippen molar-refractivity contribution in [1.29, 1.82) is 0 Å². The van der Waals surface area contributed by atoms with Gasteiger partial charge in [-0.05, 0) is 50.5 Å². The number of hydrogen-bond donors (Lipinski definition) is 3. The van der Waals surface area contributed by atoms with Crippen LogP contribution in [0.2, 0.25) is 0 Å². The van der Waals surface area contributed by atoms with Crippen LogP contribution in [0, 0.1) is 13.8 Å². The Kier molecular flexibility index (Phi) is 6.21. The molecule has 8 heteroatoms. The zero-order valence-electron chi connectivity index (χ0n) is 16.5. The second-order valence-corrected chi connectivity index (χ2v) is 7.22. The second-order valence-electron chi connectivity index (χ2n) is 7.22. The summed E-state index contributed by atoms with van der Waals surface area (Å²) >= 11 is 0. The van der Waals surface area contributed by atoms with Crippen LogP contribution in [0.5, 0.6) is 0 Å². The van der Waals surface area contributed by atoms with Gasteiger partial charge >= 0.3 is 12.0 Å². The minimum Gasteiger partial charge on any atom is -0.478 e. The molecule has 1 fully saturated rings. The van der Waals surface area contributed by atoms with Gasteiger partial charge in [-0.1, -0.05) is 12.1 Å². The first-order valence-electron chi connectivity index (χ1n) is 9.56. The number of benzene rings is 1. The largest absolute Gasteiger partial charge is 0.478 e. The Balaban J connectivity index is 1.43. The highest BCUT2D eigenvalue weighted by Gasteiger charge is 2.25. The Morgan fingerprint density at radius 1 is 1.14 bits per heavy atom. The van der Waals surface area contributed by atoms with E-state index >= 15 is 0 Å². The number of furan rings is 1. The van der Waals surface area contributed by atoms with Gasteiger partial charge in [0.15, 0.2) is 0 Å². The van der Waals surface area contributed by atoms with E-state index in [1.54, 1.807) is 36.9 Å². The molecule has 0 spiro atoms. The molecule has 2 heterocycles. The normalized spacial score (nSPS) is 14.5. The summed E-state index contributed by atoms with van der Waals surface area (Å²) < 4.78 is 5.40. The van der Waals surface area contributed by atoms with E-state index in [0.29, 0.717) is 49.6 Å². The molecule has 0 radical (unpaired) electrons. The van der Waals surface area contributed by atoms with Crippen LogP contribution in [-0.4, -0.2) is 47.0 Å². The third kappa shape index (κ3) is 5.16. The smallest absolute Gasteiger partial charge is 0.335 e. The van der Waals surface area contributed by atoms with Gasteiger partial charge in [-0.3, -0.25) is 4.79 Å². The maximum absolute atomic E-state index is 12.4. The molecule has 0 bridgehead atoms. The maximum atomic E-state index is 12.4. The number of aryl methyl sites for hydroxylation is 2.